The third kappa shape index (κ3) is 3.48. The van der Waals surface area contributed by atoms with Crippen LogP contribution in [0.3, 0.4) is 0 Å². The number of methoxy groups -OCH3 is 1. The number of hydrogen-bond donors (Lipinski definition) is 0. The van der Waals surface area contributed by atoms with E-state index in [0.717, 1.165) is 19.1 Å². The molecule has 94 valence electrons. The molecule has 3 nitrogen and oxygen atoms in total. The molecule has 0 aliphatic rings. The molecule has 0 unspecified atom stereocenters. The van der Waals surface area contributed by atoms with Crippen LogP contribution in [-0.2, 0) is 0 Å². The summed E-state index contributed by atoms with van der Waals surface area (Å²) in [6.07, 6.45) is 2.94. The van der Waals surface area contributed by atoms with Crippen molar-refractivity contribution in [2.75, 3.05) is 13.7 Å². The van der Waals surface area contributed by atoms with E-state index in [1.807, 2.05) is 0 Å². The van der Waals surface area contributed by atoms with Crippen molar-refractivity contribution in [1.82, 2.24) is 0 Å². The number of para-hydroxylation sites is 1. The third-order valence-electron chi connectivity index (χ3n) is 2.97. The Balaban J connectivity index is 2.84. The van der Waals surface area contributed by atoms with Gasteiger partial charge in [-0.25, -0.2) is 0 Å². The van der Waals surface area contributed by atoms with Gasteiger partial charge in [0.05, 0.1) is 19.3 Å². The Morgan fingerprint density at radius 2 is 2.00 bits per heavy atom. The fourth-order valence-electron chi connectivity index (χ4n) is 1.67. The van der Waals surface area contributed by atoms with Crippen molar-refractivity contribution in [3.8, 4) is 11.5 Å². The summed E-state index contributed by atoms with van der Waals surface area (Å²) >= 11 is 0. The second-order valence-electron chi connectivity index (χ2n) is 3.99. The molecule has 0 atom stereocenters. The molecule has 0 radical (unpaired) electrons. The van der Waals surface area contributed by atoms with Crippen LogP contribution >= 0.6 is 0 Å². The quantitative estimate of drug-likeness (QED) is 0.681. The summed E-state index contributed by atoms with van der Waals surface area (Å²) < 4.78 is 10.9. The number of hydrogen-bond acceptors (Lipinski definition) is 3. The number of ether oxygens (including phenoxy) is 2. The van der Waals surface area contributed by atoms with E-state index in [2.05, 4.69) is 13.8 Å². The molecule has 17 heavy (non-hydrogen) atoms. The first-order valence-corrected chi connectivity index (χ1v) is 6.01. The fraction of sp³-hybridized carbons (Fsp3) is 0.500. The van der Waals surface area contributed by atoms with Crippen LogP contribution < -0.4 is 9.47 Å². The Bertz CT molecular complexity index is 356. The molecule has 0 bridgehead atoms. The molecule has 0 heterocycles. The van der Waals surface area contributed by atoms with Crippen LogP contribution in [0.25, 0.3) is 0 Å². The van der Waals surface area contributed by atoms with Crippen LogP contribution in [0.15, 0.2) is 18.2 Å². The van der Waals surface area contributed by atoms with Gasteiger partial charge in [-0.2, -0.15) is 0 Å². The van der Waals surface area contributed by atoms with E-state index in [-0.39, 0.29) is 0 Å². The molecule has 0 N–H and O–H groups in total. The molecular formula is C14H20O3. The molecule has 0 amide bonds. The summed E-state index contributed by atoms with van der Waals surface area (Å²) in [5.74, 6) is 1.68. The van der Waals surface area contributed by atoms with Crippen molar-refractivity contribution in [1.29, 1.82) is 0 Å². The number of carbonyl (C=O) groups is 1. The van der Waals surface area contributed by atoms with Gasteiger partial charge >= 0.3 is 0 Å². The van der Waals surface area contributed by atoms with Crippen molar-refractivity contribution in [3.63, 3.8) is 0 Å². The Morgan fingerprint density at radius 1 is 1.29 bits per heavy atom. The molecule has 1 aromatic rings. The van der Waals surface area contributed by atoms with Crippen LogP contribution in [0.5, 0.6) is 11.5 Å². The molecule has 3 heteroatoms. The van der Waals surface area contributed by atoms with Gasteiger partial charge < -0.3 is 9.47 Å². The molecule has 1 aromatic carbocycles. The molecular weight excluding hydrogens is 216 g/mol. The van der Waals surface area contributed by atoms with Crippen molar-refractivity contribution in [3.05, 3.63) is 23.8 Å². The molecule has 0 aliphatic carbocycles. The van der Waals surface area contributed by atoms with Crippen molar-refractivity contribution in [2.24, 2.45) is 5.92 Å². The minimum Gasteiger partial charge on any atom is -0.493 e. The number of carbonyl (C=O) groups excluding carboxylic acids is 1. The first-order valence-electron chi connectivity index (χ1n) is 6.01. The first-order chi connectivity index (χ1) is 8.26. The van der Waals surface area contributed by atoms with E-state index in [4.69, 9.17) is 9.47 Å². The fourth-order valence-corrected chi connectivity index (χ4v) is 1.67. The van der Waals surface area contributed by atoms with Crippen molar-refractivity contribution < 1.29 is 14.3 Å². The normalized spacial score (nSPS) is 10.4. The summed E-state index contributed by atoms with van der Waals surface area (Å²) in [7, 11) is 1.58. The van der Waals surface area contributed by atoms with Crippen LogP contribution in [-0.4, -0.2) is 20.0 Å². The highest BCUT2D eigenvalue weighted by Gasteiger charge is 2.12. The zero-order valence-electron chi connectivity index (χ0n) is 10.7. The lowest BCUT2D eigenvalue weighted by Gasteiger charge is -2.16. The topological polar surface area (TPSA) is 35.5 Å². The number of rotatable bonds is 7. The number of aldehydes is 1. The molecule has 0 fully saturated rings. The predicted octanol–water partition coefficient (Wildman–Crippen LogP) is 3.32. The molecule has 0 aliphatic heterocycles. The second kappa shape index (κ2) is 6.94. The van der Waals surface area contributed by atoms with Gasteiger partial charge in [-0.15, -0.1) is 0 Å². The summed E-state index contributed by atoms with van der Waals surface area (Å²) in [6, 6.07) is 5.32. The van der Waals surface area contributed by atoms with Crippen LogP contribution in [0.2, 0.25) is 0 Å². The minimum atomic E-state index is 0.513. The lowest BCUT2D eigenvalue weighted by Crippen LogP contribution is -2.11. The summed E-state index contributed by atoms with van der Waals surface area (Å²) in [6.45, 7) is 4.90. The van der Waals surface area contributed by atoms with Gasteiger partial charge in [0.2, 0.25) is 0 Å². The monoisotopic (exact) mass is 236 g/mol. The maximum Gasteiger partial charge on any atom is 0.171 e. The van der Waals surface area contributed by atoms with Gasteiger partial charge in [0.15, 0.2) is 17.8 Å². The summed E-state index contributed by atoms with van der Waals surface area (Å²) in [5.41, 5.74) is 0.537. The summed E-state index contributed by atoms with van der Waals surface area (Å²) in [5, 5.41) is 0. The zero-order chi connectivity index (χ0) is 12.7. The maximum atomic E-state index is 10.9. The molecule has 0 aromatic heterocycles. The van der Waals surface area contributed by atoms with Gasteiger partial charge in [0.1, 0.15) is 0 Å². The average molecular weight is 236 g/mol. The highest BCUT2D eigenvalue weighted by Crippen LogP contribution is 2.30. The zero-order valence-corrected chi connectivity index (χ0v) is 10.7. The lowest BCUT2D eigenvalue weighted by atomic mass is 10.1. The van der Waals surface area contributed by atoms with Gasteiger partial charge in [-0.1, -0.05) is 32.8 Å². The molecule has 0 saturated heterocycles. The van der Waals surface area contributed by atoms with Gasteiger partial charge in [0.25, 0.3) is 0 Å². The minimum absolute atomic E-state index is 0.513. The molecule has 0 spiro atoms. The van der Waals surface area contributed by atoms with E-state index >= 15 is 0 Å². The van der Waals surface area contributed by atoms with Crippen LogP contribution in [0.1, 0.15) is 37.0 Å². The lowest BCUT2D eigenvalue weighted by molar-refractivity contribution is 0.111. The van der Waals surface area contributed by atoms with Crippen molar-refractivity contribution >= 4 is 6.29 Å². The van der Waals surface area contributed by atoms with Crippen LogP contribution in [0.4, 0.5) is 0 Å². The highest BCUT2D eigenvalue weighted by atomic mass is 16.5. The maximum absolute atomic E-state index is 10.9. The van der Waals surface area contributed by atoms with E-state index in [1.54, 1.807) is 25.3 Å². The summed E-state index contributed by atoms with van der Waals surface area (Å²) in [4.78, 5) is 10.9. The Morgan fingerprint density at radius 3 is 2.53 bits per heavy atom. The van der Waals surface area contributed by atoms with E-state index in [9.17, 15) is 4.79 Å². The van der Waals surface area contributed by atoms with Gasteiger partial charge in [-0.3, -0.25) is 4.79 Å². The van der Waals surface area contributed by atoms with Gasteiger partial charge in [0, 0.05) is 0 Å². The van der Waals surface area contributed by atoms with Crippen LogP contribution in [0, 0.1) is 5.92 Å². The number of benzene rings is 1. The average Bonchev–Trinajstić information content (AvgIpc) is 2.39. The second-order valence-corrected chi connectivity index (χ2v) is 3.99. The standard InChI is InChI=1S/C14H20O3/c1-4-11(5-2)10-17-14-12(9-15)7-6-8-13(14)16-3/h6-9,11H,4-5,10H2,1-3H3. The largest absolute Gasteiger partial charge is 0.493 e. The Labute approximate surface area is 103 Å². The van der Waals surface area contributed by atoms with Crippen molar-refractivity contribution in [2.45, 2.75) is 26.7 Å². The SMILES string of the molecule is CCC(CC)COc1c(C=O)cccc1OC. The molecule has 0 saturated carbocycles. The highest BCUT2D eigenvalue weighted by molar-refractivity contribution is 5.81. The smallest absolute Gasteiger partial charge is 0.171 e. The van der Waals surface area contributed by atoms with Gasteiger partial charge in [-0.05, 0) is 18.1 Å². The molecule has 1 rings (SSSR count). The third-order valence-corrected chi connectivity index (χ3v) is 2.97. The Hall–Kier alpha value is -1.51. The van der Waals surface area contributed by atoms with E-state index in [1.165, 1.54) is 0 Å². The van der Waals surface area contributed by atoms with E-state index < -0.39 is 0 Å². The Kier molecular flexibility index (Phi) is 5.53. The first kappa shape index (κ1) is 13.6. The predicted molar refractivity (Wildman–Crippen MR) is 67.9 cm³/mol. The van der Waals surface area contributed by atoms with E-state index in [0.29, 0.717) is 29.6 Å².